The number of aryl methyl sites for hydroxylation is 2. The molecular formula is C11H20N4O2. The highest BCUT2D eigenvalue weighted by Crippen LogP contribution is 2.23. The van der Waals surface area contributed by atoms with E-state index in [0.29, 0.717) is 23.1 Å². The van der Waals surface area contributed by atoms with E-state index < -0.39 is 0 Å². The fourth-order valence-corrected chi connectivity index (χ4v) is 1.43. The number of ether oxygens (including phenoxy) is 1. The molecule has 1 heterocycles. The molecule has 0 amide bonds. The van der Waals surface area contributed by atoms with Crippen molar-refractivity contribution in [3.05, 3.63) is 11.3 Å². The Kier molecular flexibility index (Phi) is 3.98. The summed E-state index contributed by atoms with van der Waals surface area (Å²) in [5.74, 6) is 0.908. The van der Waals surface area contributed by atoms with Gasteiger partial charge in [-0.2, -0.15) is 5.10 Å². The predicted molar refractivity (Wildman–Crippen MR) is 65.4 cm³/mol. The standard InChI is InChI=1S/C11H20N4O2/c1-6(2)8(4)17-11-9(10(12)14-16)7(3)13-15(11)5/h6,8,16H,1-5H3,(H2,12,14). The summed E-state index contributed by atoms with van der Waals surface area (Å²) in [5, 5.41) is 16.0. The molecular weight excluding hydrogens is 220 g/mol. The molecule has 0 aromatic carbocycles. The highest BCUT2D eigenvalue weighted by molar-refractivity contribution is 6.00. The third kappa shape index (κ3) is 2.69. The molecule has 0 aliphatic carbocycles. The maximum absolute atomic E-state index is 8.76. The average Bonchev–Trinajstić information content (AvgIpc) is 2.53. The first-order chi connectivity index (χ1) is 7.88. The number of aromatic nitrogens is 2. The molecule has 0 aliphatic rings. The van der Waals surface area contributed by atoms with Gasteiger partial charge >= 0.3 is 0 Å². The predicted octanol–water partition coefficient (Wildman–Crippen LogP) is 1.25. The lowest BCUT2D eigenvalue weighted by Gasteiger charge is -2.18. The number of hydrogen-bond acceptors (Lipinski definition) is 4. The quantitative estimate of drug-likeness (QED) is 0.359. The lowest BCUT2D eigenvalue weighted by Crippen LogP contribution is -2.23. The van der Waals surface area contributed by atoms with E-state index in [2.05, 4.69) is 24.1 Å². The third-order valence-electron chi connectivity index (χ3n) is 2.77. The van der Waals surface area contributed by atoms with Crippen LogP contribution in [-0.4, -0.2) is 26.9 Å². The number of hydrogen-bond donors (Lipinski definition) is 2. The van der Waals surface area contributed by atoms with Crippen molar-refractivity contribution < 1.29 is 9.94 Å². The minimum absolute atomic E-state index is 0.0153. The van der Waals surface area contributed by atoms with Crippen LogP contribution in [0.3, 0.4) is 0 Å². The van der Waals surface area contributed by atoms with E-state index in [0.717, 1.165) is 0 Å². The van der Waals surface area contributed by atoms with E-state index in [1.807, 2.05) is 6.92 Å². The molecule has 0 radical (unpaired) electrons. The molecule has 3 N–H and O–H groups in total. The summed E-state index contributed by atoms with van der Waals surface area (Å²) in [6.07, 6.45) is 0.0232. The van der Waals surface area contributed by atoms with Crippen molar-refractivity contribution >= 4 is 5.84 Å². The minimum Gasteiger partial charge on any atom is -0.474 e. The zero-order valence-electron chi connectivity index (χ0n) is 10.9. The van der Waals surface area contributed by atoms with E-state index in [4.69, 9.17) is 15.7 Å². The van der Waals surface area contributed by atoms with Crippen molar-refractivity contribution in [2.24, 2.45) is 23.9 Å². The topological polar surface area (TPSA) is 85.7 Å². The molecule has 0 aliphatic heterocycles. The van der Waals surface area contributed by atoms with Gasteiger partial charge in [-0.3, -0.25) is 0 Å². The Labute approximate surface area is 101 Å². The van der Waals surface area contributed by atoms with Crippen LogP contribution < -0.4 is 10.5 Å². The van der Waals surface area contributed by atoms with Crippen LogP contribution in [0.15, 0.2) is 5.16 Å². The molecule has 1 aromatic rings. The van der Waals surface area contributed by atoms with Crippen LogP contribution in [0.25, 0.3) is 0 Å². The Bertz CT molecular complexity index is 423. The van der Waals surface area contributed by atoms with Gasteiger partial charge in [-0.25, -0.2) is 4.68 Å². The second-order valence-electron chi connectivity index (χ2n) is 4.44. The van der Waals surface area contributed by atoms with Gasteiger partial charge in [0.1, 0.15) is 5.56 Å². The fourth-order valence-electron chi connectivity index (χ4n) is 1.43. The number of nitrogens with zero attached hydrogens (tertiary/aromatic N) is 3. The highest BCUT2D eigenvalue weighted by atomic mass is 16.5. The van der Waals surface area contributed by atoms with Crippen LogP contribution >= 0.6 is 0 Å². The van der Waals surface area contributed by atoms with Gasteiger partial charge in [0.25, 0.3) is 0 Å². The molecule has 1 unspecified atom stereocenters. The Morgan fingerprint density at radius 1 is 1.47 bits per heavy atom. The Morgan fingerprint density at radius 2 is 2.06 bits per heavy atom. The lowest BCUT2D eigenvalue weighted by atomic mass is 10.1. The first-order valence-electron chi connectivity index (χ1n) is 5.56. The summed E-state index contributed by atoms with van der Waals surface area (Å²) in [7, 11) is 1.77. The molecule has 0 bridgehead atoms. The van der Waals surface area contributed by atoms with Crippen LogP contribution in [0.1, 0.15) is 32.0 Å². The smallest absolute Gasteiger partial charge is 0.223 e. The third-order valence-corrected chi connectivity index (χ3v) is 2.77. The number of nitrogens with two attached hydrogens (primary N) is 1. The molecule has 1 rings (SSSR count). The van der Waals surface area contributed by atoms with Crippen LogP contribution in [-0.2, 0) is 7.05 Å². The summed E-state index contributed by atoms with van der Waals surface area (Å²) in [4.78, 5) is 0. The highest BCUT2D eigenvalue weighted by Gasteiger charge is 2.21. The van der Waals surface area contributed by atoms with Gasteiger partial charge in [0.2, 0.25) is 5.88 Å². The van der Waals surface area contributed by atoms with Gasteiger partial charge in [0.05, 0.1) is 11.8 Å². The summed E-state index contributed by atoms with van der Waals surface area (Å²) in [6, 6.07) is 0. The van der Waals surface area contributed by atoms with Gasteiger partial charge in [-0.05, 0) is 19.8 Å². The van der Waals surface area contributed by atoms with Gasteiger partial charge in [0, 0.05) is 7.05 Å². The largest absolute Gasteiger partial charge is 0.474 e. The molecule has 0 spiro atoms. The van der Waals surface area contributed by atoms with E-state index in [-0.39, 0.29) is 11.9 Å². The van der Waals surface area contributed by atoms with Gasteiger partial charge in [-0.15, -0.1) is 0 Å². The number of amidine groups is 1. The second-order valence-corrected chi connectivity index (χ2v) is 4.44. The minimum atomic E-state index is 0.0153. The maximum atomic E-state index is 8.76. The van der Waals surface area contributed by atoms with Crippen molar-refractivity contribution in [3.8, 4) is 5.88 Å². The number of oxime groups is 1. The Morgan fingerprint density at radius 3 is 2.53 bits per heavy atom. The zero-order chi connectivity index (χ0) is 13.2. The fraction of sp³-hybridized carbons (Fsp3) is 0.636. The molecule has 6 heteroatoms. The van der Waals surface area contributed by atoms with Gasteiger partial charge in [0.15, 0.2) is 5.84 Å². The summed E-state index contributed by atoms with van der Waals surface area (Å²) >= 11 is 0. The van der Waals surface area contributed by atoms with Crippen LogP contribution in [0, 0.1) is 12.8 Å². The van der Waals surface area contributed by atoms with E-state index in [9.17, 15) is 0 Å². The van der Waals surface area contributed by atoms with Gasteiger partial charge in [-0.1, -0.05) is 19.0 Å². The number of rotatable bonds is 4. The van der Waals surface area contributed by atoms with Crippen molar-refractivity contribution in [2.45, 2.75) is 33.8 Å². The molecule has 1 aromatic heterocycles. The average molecular weight is 240 g/mol. The first-order valence-corrected chi connectivity index (χ1v) is 5.56. The zero-order valence-corrected chi connectivity index (χ0v) is 10.9. The van der Waals surface area contributed by atoms with Gasteiger partial charge < -0.3 is 15.7 Å². The maximum Gasteiger partial charge on any atom is 0.223 e. The second kappa shape index (κ2) is 5.07. The molecule has 1 atom stereocenters. The summed E-state index contributed by atoms with van der Waals surface area (Å²) in [6.45, 7) is 7.90. The van der Waals surface area contributed by atoms with Crippen molar-refractivity contribution in [1.82, 2.24) is 9.78 Å². The van der Waals surface area contributed by atoms with Crippen LogP contribution in [0.2, 0.25) is 0 Å². The van der Waals surface area contributed by atoms with E-state index in [1.54, 1.807) is 18.7 Å². The molecule has 6 nitrogen and oxygen atoms in total. The molecule has 96 valence electrons. The molecule has 0 saturated heterocycles. The summed E-state index contributed by atoms with van der Waals surface area (Å²) < 4.78 is 7.41. The SMILES string of the molecule is Cc1nn(C)c(OC(C)C(C)C)c1C(N)=NO. The molecule has 0 fully saturated rings. The first kappa shape index (κ1) is 13.3. The van der Waals surface area contributed by atoms with Crippen molar-refractivity contribution in [1.29, 1.82) is 0 Å². The Balaban J connectivity index is 3.14. The monoisotopic (exact) mass is 240 g/mol. The van der Waals surface area contributed by atoms with Crippen molar-refractivity contribution in [2.75, 3.05) is 0 Å². The molecule has 0 saturated carbocycles. The lowest BCUT2D eigenvalue weighted by molar-refractivity contribution is 0.155. The normalized spacial score (nSPS) is 14.1. The molecule has 17 heavy (non-hydrogen) atoms. The Hall–Kier alpha value is -1.72. The van der Waals surface area contributed by atoms with E-state index in [1.165, 1.54) is 0 Å². The van der Waals surface area contributed by atoms with Crippen LogP contribution in [0.4, 0.5) is 0 Å². The van der Waals surface area contributed by atoms with E-state index >= 15 is 0 Å². The summed E-state index contributed by atoms with van der Waals surface area (Å²) in [5.41, 5.74) is 6.85. The van der Waals surface area contributed by atoms with Crippen molar-refractivity contribution in [3.63, 3.8) is 0 Å². The van der Waals surface area contributed by atoms with Crippen LogP contribution in [0.5, 0.6) is 5.88 Å².